The van der Waals surface area contributed by atoms with Gasteiger partial charge < -0.3 is 10.4 Å². The highest BCUT2D eigenvalue weighted by atomic mass is 35.5. The molecule has 15 heavy (non-hydrogen) atoms. The lowest BCUT2D eigenvalue weighted by Crippen LogP contribution is -2.40. The molecule has 0 bridgehead atoms. The monoisotopic (exact) mass is 227 g/mol. The predicted octanol–water partition coefficient (Wildman–Crippen LogP) is 2.19. The molecule has 2 N–H and O–H groups in total. The van der Waals surface area contributed by atoms with Crippen molar-refractivity contribution in [1.82, 2.24) is 10.2 Å². The standard InChI is InChI=1S/C10H14ClN3O/c11-8-4-5-9(14-13-8)12-10(15)6-2-1-3-7-10/h4-5,15H,1-3,6-7H2,(H,12,14). The van der Waals surface area contributed by atoms with Gasteiger partial charge >= 0.3 is 0 Å². The van der Waals surface area contributed by atoms with E-state index in [4.69, 9.17) is 11.6 Å². The molecule has 0 aliphatic heterocycles. The van der Waals surface area contributed by atoms with Gasteiger partial charge in [-0.3, -0.25) is 0 Å². The van der Waals surface area contributed by atoms with Crippen LogP contribution in [-0.4, -0.2) is 21.0 Å². The van der Waals surface area contributed by atoms with E-state index in [-0.39, 0.29) is 0 Å². The van der Waals surface area contributed by atoms with Crippen molar-refractivity contribution in [2.75, 3.05) is 5.32 Å². The van der Waals surface area contributed by atoms with Crippen molar-refractivity contribution in [3.05, 3.63) is 17.3 Å². The Hall–Kier alpha value is -0.870. The highest BCUT2D eigenvalue weighted by Crippen LogP contribution is 2.28. The Morgan fingerprint density at radius 1 is 1.20 bits per heavy atom. The summed E-state index contributed by atoms with van der Waals surface area (Å²) in [5, 5.41) is 21.1. The Morgan fingerprint density at radius 2 is 1.93 bits per heavy atom. The van der Waals surface area contributed by atoms with E-state index < -0.39 is 5.72 Å². The maximum atomic E-state index is 10.2. The van der Waals surface area contributed by atoms with Crippen LogP contribution in [0, 0.1) is 0 Å². The van der Waals surface area contributed by atoms with Crippen molar-refractivity contribution in [1.29, 1.82) is 0 Å². The second kappa shape index (κ2) is 4.33. The largest absolute Gasteiger partial charge is 0.371 e. The molecule has 1 aromatic rings. The van der Waals surface area contributed by atoms with E-state index in [1.165, 1.54) is 6.42 Å². The summed E-state index contributed by atoms with van der Waals surface area (Å²) in [7, 11) is 0. The lowest BCUT2D eigenvalue weighted by Gasteiger charge is -2.33. The fourth-order valence-corrected chi connectivity index (χ4v) is 1.98. The molecule has 82 valence electrons. The van der Waals surface area contributed by atoms with Gasteiger partial charge in [0.2, 0.25) is 0 Å². The highest BCUT2D eigenvalue weighted by molar-refractivity contribution is 6.29. The molecule has 0 atom stereocenters. The minimum Gasteiger partial charge on any atom is -0.371 e. The fourth-order valence-electron chi connectivity index (χ4n) is 1.88. The second-order valence-corrected chi connectivity index (χ2v) is 4.35. The quantitative estimate of drug-likeness (QED) is 0.761. The molecular formula is C10H14ClN3O. The van der Waals surface area contributed by atoms with E-state index in [2.05, 4.69) is 15.5 Å². The van der Waals surface area contributed by atoms with Gasteiger partial charge in [-0.15, -0.1) is 10.2 Å². The first-order chi connectivity index (χ1) is 7.18. The molecule has 0 saturated heterocycles. The summed E-state index contributed by atoms with van der Waals surface area (Å²) in [4.78, 5) is 0. The molecule has 0 radical (unpaired) electrons. The number of aliphatic hydroxyl groups is 1. The number of nitrogens with zero attached hydrogens (tertiary/aromatic N) is 2. The van der Waals surface area contributed by atoms with Gasteiger partial charge in [-0.05, 0) is 37.8 Å². The van der Waals surface area contributed by atoms with Gasteiger partial charge in [0.05, 0.1) is 0 Å². The molecule has 1 aliphatic carbocycles. The average Bonchev–Trinajstić information content (AvgIpc) is 2.22. The third-order valence-electron chi connectivity index (χ3n) is 2.67. The molecule has 1 aliphatic rings. The van der Waals surface area contributed by atoms with Crippen molar-refractivity contribution in [2.24, 2.45) is 0 Å². The van der Waals surface area contributed by atoms with Gasteiger partial charge in [0.25, 0.3) is 0 Å². The first-order valence-electron chi connectivity index (χ1n) is 5.18. The van der Waals surface area contributed by atoms with Crippen molar-refractivity contribution < 1.29 is 5.11 Å². The third kappa shape index (κ3) is 2.79. The van der Waals surface area contributed by atoms with Gasteiger partial charge in [0, 0.05) is 0 Å². The second-order valence-electron chi connectivity index (χ2n) is 3.96. The Morgan fingerprint density at radius 3 is 2.53 bits per heavy atom. The molecular weight excluding hydrogens is 214 g/mol. The Labute approximate surface area is 93.7 Å². The van der Waals surface area contributed by atoms with Crippen LogP contribution in [0.5, 0.6) is 0 Å². The number of hydrogen-bond donors (Lipinski definition) is 2. The SMILES string of the molecule is OC1(Nc2ccc(Cl)nn2)CCCCC1. The van der Waals surface area contributed by atoms with E-state index in [1.54, 1.807) is 12.1 Å². The van der Waals surface area contributed by atoms with Gasteiger partial charge in [-0.25, -0.2) is 0 Å². The summed E-state index contributed by atoms with van der Waals surface area (Å²) in [6.45, 7) is 0. The van der Waals surface area contributed by atoms with Crippen LogP contribution in [0.2, 0.25) is 5.15 Å². The minimum atomic E-state index is -0.819. The lowest BCUT2D eigenvalue weighted by atomic mass is 9.92. The summed E-state index contributed by atoms with van der Waals surface area (Å²) in [6, 6.07) is 3.38. The van der Waals surface area contributed by atoms with Crippen LogP contribution >= 0.6 is 11.6 Å². The summed E-state index contributed by atoms with van der Waals surface area (Å²) in [6.07, 6.45) is 4.81. The molecule has 0 aromatic carbocycles. The van der Waals surface area contributed by atoms with Crippen LogP contribution in [0.15, 0.2) is 12.1 Å². The summed E-state index contributed by atoms with van der Waals surface area (Å²) in [5.74, 6) is 0.573. The van der Waals surface area contributed by atoms with Crippen LogP contribution in [0.3, 0.4) is 0 Å². The van der Waals surface area contributed by atoms with Crippen molar-refractivity contribution in [3.8, 4) is 0 Å². The smallest absolute Gasteiger partial charge is 0.151 e. The first-order valence-corrected chi connectivity index (χ1v) is 5.56. The molecule has 1 fully saturated rings. The van der Waals surface area contributed by atoms with Crippen LogP contribution in [0.25, 0.3) is 0 Å². The number of rotatable bonds is 2. The van der Waals surface area contributed by atoms with E-state index in [0.717, 1.165) is 25.7 Å². The zero-order chi connectivity index (χ0) is 10.7. The van der Waals surface area contributed by atoms with E-state index in [9.17, 15) is 5.11 Å². The number of nitrogens with one attached hydrogen (secondary N) is 1. The topological polar surface area (TPSA) is 58.0 Å². The number of hydrogen-bond acceptors (Lipinski definition) is 4. The first kappa shape index (κ1) is 10.6. The summed E-state index contributed by atoms with van der Waals surface area (Å²) < 4.78 is 0. The Kier molecular flexibility index (Phi) is 3.07. The molecule has 0 spiro atoms. The average molecular weight is 228 g/mol. The fraction of sp³-hybridized carbons (Fsp3) is 0.600. The normalized spacial score (nSPS) is 19.9. The summed E-state index contributed by atoms with van der Waals surface area (Å²) in [5.41, 5.74) is -0.819. The molecule has 1 saturated carbocycles. The number of aromatic nitrogens is 2. The van der Waals surface area contributed by atoms with Crippen LogP contribution in [0.1, 0.15) is 32.1 Å². The van der Waals surface area contributed by atoms with Crippen LogP contribution in [-0.2, 0) is 0 Å². The minimum absolute atomic E-state index is 0.358. The predicted molar refractivity (Wildman–Crippen MR) is 58.7 cm³/mol. The molecule has 0 unspecified atom stereocenters. The Balaban J connectivity index is 2.03. The highest BCUT2D eigenvalue weighted by Gasteiger charge is 2.29. The van der Waals surface area contributed by atoms with Crippen molar-refractivity contribution in [2.45, 2.75) is 37.8 Å². The molecule has 2 rings (SSSR count). The molecule has 4 nitrogen and oxygen atoms in total. The molecule has 1 aromatic heterocycles. The molecule has 0 amide bonds. The van der Waals surface area contributed by atoms with Crippen molar-refractivity contribution in [3.63, 3.8) is 0 Å². The van der Waals surface area contributed by atoms with Gasteiger partial charge in [-0.2, -0.15) is 0 Å². The van der Waals surface area contributed by atoms with Crippen LogP contribution < -0.4 is 5.32 Å². The van der Waals surface area contributed by atoms with E-state index >= 15 is 0 Å². The number of halogens is 1. The van der Waals surface area contributed by atoms with E-state index in [0.29, 0.717) is 11.0 Å². The maximum absolute atomic E-state index is 10.2. The summed E-state index contributed by atoms with van der Waals surface area (Å²) >= 11 is 5.63. The zero-order valence-corrected chi connectivity index (χ0v) is 9.17. The van der Waals surface area contributed by atoms with Crippen LogP contribution in [0.4, 0.5) is 5.82 Å². The van der Waals surface area contributed by atoms with Gasteiger partial charge in [-0.1, -0.05) is 18.0 Å². The van der Waals surface area contributed by atoms with Gasteiger partial charge in [0.15, 0.2) is 11.0 Å². The molecule has 1 heterocycles. The zero-order valence-electron chi connectivity index (χ0n) is 8.41. The Bertz CT molecular complexity index is 322. The lowest BCUT2D eigenvalue weighted by molar-refractivity contribution is 0.0312. The van der Waals surface area contributed by atoms with Crippen molar-refractivity contribution >= 4 is 17.4 Å². The van der Waals surface area contributed by atoms with Gasteiger partial charge in [0.1, 0.15) is 5.72 Å². The van der Waals surface area contributed by atoms with E-state index in [1.807, 2.05) is 0 Å². The third-order valence-corrected chi connectivity index (χ3v) is 2.88. The molecule has 5 heteroatoms. The number of anilines is 1. The maximum Gasteiger partial charge on any atom is 0.151 e.